The van der Waals surface area contributed by atoms with Gasteiger partial charge in [-0.05, 0) is 37.6 Å². The highest BCUT2D eigenvalue weighted by molar-refractivity contribution is 6.22. The number of allylic oxidation sites excluding steroid dienone is 3. The SMILES string of the molecule is C/C=C1/N=C(c2c(F)cc(N)cc2F)C=C(C)C1=N. The van der Waals surface area contributed by atoms with Gasteiger partial charge in [0, 0.05) is 5.69 Å². The highest BCUT2D eigenvalue weighted by Gasteiger charge is 2.20. The molecule has 3 N–H and O–H groups in total. The Balaban J connectivity index is 2.64. The fourth-order valence-electron chi connectivity index (χ4n) is 1.87. The predicted molar refractivity (Wildman–Crippen MR) is 72.5 cm³/mol. The van der Waals surface area contributed by atoms with Crippen molar-refractivity contribution in [1.82, 2.24) is 0 Å². The van der Waals surface area contributed by atoms with Crippen molar-refractivity contribution < 1.29 is 8.78 Å². The maximum Gasteiger partial charge on any atom is 0.137 e. The van der Waals surface area contributed by atoms with E-state index in [-0.39, 0.29) is 22.7 Å². The monoisotopic (exact) mass is 261 g/mol. The van der Waals surface area contributed by atoms with Gasteiger partial charge in [0.1, 0.15) is 11.6 Å². The van der Waals surface area contributed by atoms with Gasteiger partial charge >= 0.3 is 0 Å². The van der Waals surface area contributed by atoms with Gasteiger partial charge in [0.25, 0.3) is 0 Å². The lowest BCUT2D eigenvalue weighted by molar-refractivity contribution is 0.580. The third kappa shape index (κ3) is 2.31. The Morgan fingerprint density at radius 2 is 1.84 bits per heavy atom. The van der Waals surface area contributed by atoms with Gasteiger partial charge in [-0.15, -0.1) is 0 Å². The van der Waals surface area contributed by atoms with Crippen molar-refractivity contribution in [3.63, 3.8) is 0 Å². The van der Waals surface area contributed by atoms with Gasteiger partial charge in [-0.1, -0.05) is 6.08 Å². The summed E-state index contributed by atoms with van der Waals surface area (Å²) >= 11 is 0. The van der Waals surface area contributed by atoms with Crippen molar-refractivity contribution in [2.75, 3.05) is 5.73 Å². The summed E-state index contributed by atoms with van der Waals surface area (Å²) in [5.74, 6) is -1.52. The minimum atomic E-state index is -0.760. The van der Waals surface area contributed by atoms with Gasteiger partial charge in [-0.3, -0.25) is 5.41 Å². The lowest BCUT2D eigenvalue weighted by atomic mass is 9.99. The van der Waals surface area contributed by atoms with Crippen LogP contribution in [0.2, 0.25) is 0 Å². The molecule has 0 atom stereocenters. The number of halogens is 2. The third-order valence-electron chi connectivity index (χ3n) is 2.84. The molecule has 0 saturated heterocycles. The zero-order valence-corrected chi connectivity index (χ0v) is 10.6. The standard InChI is InChI=1S/C14H13F2N3/c1-3-11-14(18)7(2)4-12(19-11)13-9(15)5-8(17)6-10(13)16/h3-6,18H,17H2,1-2H3/b11-3+,18-14?. The van der Waals surface area contributed by atoms with Crippen LogP contribution in [0, 0.1) is 17.0 Å². The molecule has 98 valence electrons. The van der Waals surface area contributed by atoms with Crippen molar-refractivity contribution in [3.8, 4) is 0 Å². The molecule has 5 heteroatoms. The predicted octanol–water partition coefficient (Wildman–Crippen LogP) is 3.22. The van der Waals surface area contributed by atoms with Crippen LogP contribution < -0.4 is 5.73 Å². The van der Waals surface area contributed by atoms with E-state index in [2.05, 4.69) is 4.99 Å². The van der Waals surface area contributed by atoms with E-state index in [1.807, 2.05) is 0 Å². The zero-order valence-electron chi connectivity index (χ0n) is 10.6. The van der Waals surface area contributed by atoms with Gasteiger partial charge in [0.2, 0.25) is 0 Å². The second-order valence-corrected chi connectivity index (χ2v) is 4.23. The molecule has 2 rings (SSSR count). The Hall–Kier alpha value is -2.30. The van der Waals surface area contributed by atoms with Crippen molar-refractivity contribution in [1.29, 1.82) is 5.41 Å². The highest BCUT2D eigenvalue weighted by Crippen LogP contribution is 2.23. The molecule has 0 aliphatic carbocycles. The number of nitrogen functional groups attached to an aromatic ring is 1. The number of rotatable bonds is 1. The molecule has 3 nitrogen and oxygen atoms in total. The fraction of sp³-hybridized carbons (Fsp3) is 0.143. The van der Waals surface area contributed by atoms with Gasteiger partial charge in [0.05, 0.1) is 22.7 Å². The Kier molecular flexibility index (Phi) is 3.29. The van der Waals surface area contributed by atoms with E-state index in [0.717, 1.165) is 12.1 Å². The van der Waals surface area contributed by atoms with E-state index in [1.165, 1.54) is 6.08 Å². The normalized spacial score (nSPS) is 17.5. The van der Waals surface area contributed by atoms with Crippen LogP contribution >= 0.6 is 0 Å². The average molecular weight is 261 g/mol. The molecule has 1 heterocycles. The van der Waals surface area contributed by atoms with E-state index in [9.17, 15) is 8.78 Å². The van der Waals surface area contributed by atoms with Crippen LogP contribution in [-0.4, -0.2) is 11.4 Å². The molecule has 0 spiro atoms. The van der Waals surface area contributed by atoms with Crippen LogP contribution in [0.15, 0.2) is 40.5 Å². The molecular weight excluding hydrogens is 248 g/mol. The largest absolute Gasteiger partial charge is 0.399 e. The van der Waals surface area contributed by atoms with Crippen LogP contribution in [0.25, 0.3) is 0 Å². The number of anilines is 1. The van der Waals surface area contributed by atoms with Gasteiger partial charge in [0.15, 0.2) is 0 Å². The van der Waals surface area contributed by atoms with Crippen LogP contribution in [0.3, 0.4) is 0 Å². The van der Waals surface area contributed by atoms with Gasteiger partial charge < -0.3 is 5.73 Å². The Labute approximate surface area is 109 Å². The Morgan fingerprint density at radius 1 is 1.26 bits per heavy atom. The second-order valence-electron chi connectivity index (χ2n) is 4.23. The van der Waals surface area contributed by atoms with E-state index in [4.69, 9.17) is 11.1 Å². The van der Waals surface area contributed by atoms with Gasteiger partial charge in [-0.2, -0.15) is 0 Å². The molecule has 0 bridgehead atoms. The fourth-order valence-corrected chi connectivity index (χ4v) is 1.87. The number of hydrogen-bond acceptors (Lipinski definition) is 3. The van der Waals surface area contributed by atoms with Crippen LogP contribution in [0.4, 0.5) is 14.5 Å². The molecule has 0 unspecified atom stereocenters. The van der Waals surface area contributed by atoms with Crippen LogP contribution in [0.5, 0.6) is 0 Å². The maximum atomic E-state index is 13.8. The number of hydrogen-bond donors (Lipinski definition) is 2. The third-order valence-corrected chi connectivity index (χ3v) is 2.84. The van der Waals surface area contributed by atoms with Gasteiger partial charge in [-0.25, -0.2) is 13.8 Å². The molecular formula is C14H13F2N3. The number of aliphatic imine (C=N–C) groups is 1. The number of nitrogens with two attached hydrogens (primary N) is 1. The summed E-state index contributed by atoms with van der Waals surface area (Å²) in [5.41, 5.74) is 6.60. The number of nitrogens with one attached hydrogen (secondary N) is 1. The second kappa shape index (κ2) is 4.76. The van der Waals surface area contributed by atoms with Crippen molar-refractivity contribution >= 4 is 17.1 Å². The average Bonchev–Trinajstić information content (AvgIpc) is 2.32. The molecule has 1 aliphatic rings. The van der Waals surface area contributed by atoms with Crippen molar-refractivity contribution in [3.05, 3.63) is 52.8 Å². The Bertz CT molecular complexity index is 632. The molecule has 0 radical (unpaired) electrons. The van der Waals surface area contributed by atoms with Crippen molar-refractivity contribution in [2.45, 2.75) is 13.8 Å². The van der Waals surface area contributed by atoms with E-state index in [0.29, 0.717) is 11.3 Å². The lowest BCUT2D eigenvalue weighted by Crippen LogP contribution is -2.15. The molecule has 0 saturated carbocycles. The first kappa shape index (κ1) is 13.1. The summed E-state index contributed by atoms with van der Waals surface area (Å²) in [6.45, 7) is 3.42. The molecule has 0 amide bonds. The summed E-state index contributed by atoms with van der Waals surface area (Å²) in [6.07, 6.45) is 3.12. The highest BCUT2D eigenvalue weighted by atomic mass is 19.1. The summed E-state index contributed by atoms with van der Waals surface area (Å²) in [4.78, 5) is 4.11. The zero-order chi connectivity index (χ0) is 14.2. The van der Waals surface area contributed by atoms with E-state index in [1.54, 1.807) is 19.9 Å². The lowest BCUT2D eigenvalue weighted by Gasteiger charge is -2.15. The van der Waals surface area contributed by atoms with E-state index < -0.39 is 11.6 Å². The first-order valence-electron chi connectivity index (χ1n) is 5.71. The van der Waals surface area contributed by atoms with Crippen LogP contribution in [0.1, 0.15) is 19.4 Å². The van der Waals surface area contributed by atoms with E-state index >= 15 is 0 Å². The van der Waals surface area contributed by atoms with Crippen molar-refractivity contribution in [2.24, 2.45) is 4.99 Å². The Morgan fingerprint density at radius 3 is 2.37 bits per heavy atom. The minimum absolute atomic E-state index is 0.0230. The molecule has 0 aromatic heterocycles. The quantitative estimate of drug-likeness (QED) is 0.749. The molecule has 0 fully saturated rings. The summed E-state index contributed by atoms with van der Waals surface area (Å²) in [6, 6.07) is 2.11. The maximum absolute atomic E-state index is 13.8. The molecule has 1 aliphatic heterocycles. The first-order chi connectivity index (χ1) is 8.93. The summed E-state index contributed by atoms with van der Waals surface area (Å²) in [7, 11) is 0. The smallest absolute Gasteiger partial charge is 0.137 e. The summed E-state index contributed by atoms with van der Waals surface area (Å²) in [5, 5.41) is 7.79. The minimum Gasteiger partial charge on any atom is -0.399 e. The molecule has 1 aromatic rings. The topological polar surface area (TPSA) is 62.2 Å². The summed E-state index contributed by atoms with van der Waals surface area (Å²) < 4.78 is 27.7. The molecule has 19 heavy (non-hydrogen) atoms. The number of benzene rings is 1. The number of nitrogens with zero attached hydrogens (tertiary/aromatic N) is 1. The first-order valence-corrected chi connectivity index (χ1v) is 5.71. The number of dihydropyridines is 1. The molecule has 1 aromatic carbocycles. The van der Waals surface area contributed by atoms with Crippen LogP contribution in [-0.2, 0) is 0 Å².